The zero-order valence-electron chi connectivity index (χ0n) is 7.12. The number of carbonyl (C=O) groups excluding carboxylic acids is 3. The van der Waals surface area contributed by atoms with E-state index >= 15 is 0 Å². The first kappa shape index (κ1) is 10.8. The molecule has 0 atom stereocenters. The monoisotopic (exact) mass is 174 g/mol. The van der Waals surface area contributed by atoms with Crippen LogP contribution in [0.1, 0.15) is 20.8 Å². The van der Waals surface area contributed by atoms with Crippen LogP contribution in [-0.2, 0) is 24.2 Å². The summed E-state index contributed by atoms with van der Waals surface area (Å²) in [6.07, 6.45) is -1.30. The van der Waals surface area contributed by atoms with Gasteiger partial charge in [0.15, 0.2) is 11.6 Å². The molecule has 0 bridgehead atoms. The molecular formula is C7H10O5. The summed E-state index contributed by atoms with van der Waals surface area (Å²) < 4.78 is 0. The van der Waals surface area contributed by atoms with Gasteiger partial charge in [-0.2, -0.15) is 4.89 Å². The SMILES string of the molecule is CC(=O)OOC(C(C)=O)C(C)=O. The lowest BCUT2D eigenvalue weighted by molar-refractivity contribution is -0.283. The van der Waals surface area contributed by atoms with Gasteiger partial charge in [0.2, 0.25) is 6.10 Å². The third-order valence-corrected chi connectivity index (χ3v) is 1.00. The summed E-state index contributed by atoms with van der Waals surface area (Å²) in [6.45, 7) is 3.46. The quantitative estimate of drug-likeness (QED) is 0.341. The molecule has 0 saturated carbocycles. The molecule has 0 fully saturated rings. The first-order valence-electron chi connectivity index (χ1n) is 3.30. The third-order valence-electron chi connectivity index (χ3n) is 1.00. The first-order valence-corrected chi connectivity index (χ1v) is 3.30. The summed E-state index contributed by atoms with van der Waals surface area (Å²) in [6, 6.07) is 0. The Morgan fingerprint density at radius 1 is 1.00 bits per heavy atom. The van der Waals surface area contributed by atoms with Crippen molar-refractivity contribution in [1.29, 1.82) is 0 Å². The molecule has 0 N–H and O–H groups in total. The van der Waals surface area contributed by atoms with Crippen LogP contribution >= 0.6 is 0 Å². The Bertz CT molecular complexity index is 194. The van der Waals surface area contributed by atoms with Crippen LogP contribution in [0.3, 0.4) is 0 Å². The normalized spacial score (nSPS) is 9.67. The Labute approximate surface area is 69.6 Å². The number of Topliss-reactive ketones (excluding diaryl/α,β-unsaturated/α-hetero) is 2. The Morgan fingerprint density at radius 2 is 1.42 bits per heavy atom. The fourth-order valence-electron chi connectivity index (χ4n) is 0.538. The highest BCUT2D eigenvalue weighted by Crippen LogP contribution is 1.96. The van der Waals surface area contributed by atoms with Crippen molar-refractivity contribution in [3.8, 4) is 0 Å². The highest BCUT2D eigenvalue weighted by molar-refractivity contribution is 6.03. The molecule has 0 aliphatic carbocycles. The number of rotatable bonds is 4. The van der Waals surface area contributed by atoms with E-state index in [1.807, 2.05) is 0 Å². The van der Waals surface area contributed by atoms with E-state index in [9.17, 15) is 14.4 Å². The molecule has 12 heavy (non-hydrogen) atoms. The molecule has 5 nitrogen and oxygen atoms in total. The minimum Gasteiger partial charge on any atom is -0.297 e. The lowest BCUT2D eigenvalue weighted by atomic mass is 10.2. The molecule has 0 aromatic carbocycles. The Kier molecular flexibility index (Phi) is 4.14. The van der Waals surface area contributed by atoms with Gasteiger partial charge in [-0.05, 0) is 13.8 Å². The van der Waals surface area contributed by atoms with Gasteiger partial charge in [-0.15, -0.1) is 0 Å². The lowest BCUT2D eigenvalue weighted by Gasteiger charge is -2.07. The summed E-state index contributed by atoms with van der Waals surface area (Å²) in [5.74, 6) is -1.70. The lowest BCUT2D eigenvalue weighted by Crippen LogP contribution is -2.30. The van der Waals surface area contributed by atoms with Gasteiger partial charge in [0.25, 0.3) is 0 Å². The second-order valence-corrected chi connectivity index (χ2v) is 2.27. The van der Waals surface area contributed by atoms with Gasteiger partial charge in [-0.3, -0.25) is 14.5 Å². The molecule has 0 heterocycles. The van der Waals surface area contributed by atoms with E-state index in [1.54, 1.807) is 0 Å². The Morgan fingerprint density at radius 3 is 1.67 bits per heavy atom. The van der Waals surface area contributed by atoms with Crippen molar-refractivity contribution in [2.24, 2.45) is 0 Å². The molecule has 68 valence electrons. The molecule has 0 aromatic rings. The molecule has 0 amide bonds. The van der Waals surface area contributed by atoms with E-state index in [1.165, 1.54) is 13.8 Å². The van der Waals surface area contributed by atoms with E-state index in [0.29, 0.717) is 0 Å². The van der Waals surface area contributed by atoms with Crippen molar-refractivity contribution >= 4 is 17.5 Å². The first-order chi connectivity index (χ1) is 5.45. The Hall–Kier alpha value is -1.23. The summed E-state index contributed by atoms with van der Waals surface area (Å²) in [4.78, 5) is 39.9. The molecule has 0 unspecified atom stereocenters. The number of carbonyl (C=O) groups is 3. The van der Waals surface area contributed by atoms with Gasteiger partial charge in [-0.25, -0.2) is 4.79 Å². The Balaban J connectivity index is 4.06. The number of hydrogen-bond donors (Lipinski definition) is 0. The predicted molar refractivity (Wildman–Crippen MR) is 38.0 cm³/mol. The van der Waals surface area contributed by atoms with Crippen molar-refractivity contribution < 1.29 is 24.2 Å². The summed E-state index contributed by atoms with van der Waals surface area (Å²) >= 11 is 0. The van der Waals surface area contributed by atoms with E-state index in [4.69, 9.17) is 0 Å². The summed E-state index contributed by atoms with van der Waals surface area (Å²) in [5.41, 5.74) is 0. The van der Waals surface area contributed by atoms with Crippen LogP contribution in [0.4, 0.5) is 0 Å². The average molecular weight is 174 g/mol. The molecule has 0 saturated heterocycles. The smallest absolute Gasteiger partial charge is 0.297 e. The van der Waals surface area contributed by atoms with E-state index < -0.39 is 23.6 Å². The standard InChI is InChI=1S/C7H10O5/c1-4(8)7(5(2)9)12-11-6(3)10/h7H,1-3H3. The maximum absolute atomic E-state index is 10.7. The van der Waals surface area contributed by atoms with E-state index in [0.717, 1.165) is 6.92 Å². The van der Waals surface area contributed by atoms with Crippen LogP contribution in [0.5, 0.6) is 0 Å². The van der Waals surface area contributed by atoms with Gasteiger partial charge in [0.1, 0.15) is 0 Å². The van der Waals surface area contributed by atoms with Crippen molar-refractivity contribution in [3.05, 3.63) is 0 Å². The molecule has 0 radical (unpaired) electrons. The van der Waals surface area contributed by atoms with Crippen LogP contribution in [0.25, 0.3) is 0 Å². The van der Waals surface area contributed by atoms with Crippen molar-refractivity contribution in [1.82, 2.24) is 0 Å². The van der Waals surface area contributed by atoms with Crippen LogP contribution in [0.15, 0.2) is 0 Å². The summed E-state index contributed by atoms with van der Waals surface area (Å²) in [7, 11) is 0. The van der Waals surface area contributed by atoms with Crippen molar-refractivity contribution in [2.75, 3.05) is 0 Å². The van der Waals surface area contributed by atoms with Gasteiger partial charge in [0.05, 0.1) is 0 Å². The van der Waals surface area contributed by atoms with Gasteiger partial charge in [0, 0.05) is 6.92 Å². The maximum Gasteiger partial charge on any atom is 0.339 e. The van der Waals surface area contributed by atoms with Gasteiger partial charge in [-0.1, -0.05) is 0 Å². The second-order valence-electron chi connectivity index (χ2n) is 2.27. The number of ketones is 2. The van der Waals surface area contributed by atoms with Gasteiger partial charge < -0.3 is 0 Å². The molecule has 0 spiro atoms. The maximum atomic E-state index is 10.7. The number of hydrogen-bond acceptors (Lipinski definition) is 5. The minimum atomic E-state index is -1.30. The minimum absolute atomic E-state index is 0.497. The summed E-state index contributed by atoms with van der Waals surface area (Å²) in [5, 5.41) is 0. The second kappa shape index (κ2) is 4.61. The van der Waals surface area contributed by atoms with Crippen LogP contribution < -0.4 is 0 Å². The zero-order valence-corrected chi connectivity index (χ0v) is 7.12. The molecule has 0 rings (SSSR count). The zero-order chi connectivity index (χ0) is 9.72. The average Bonchev–Trinajstić information content (AvgIpc) is 1.84. The molecule has 0 aliphatic heterocycles. The van der Waals surface area contributed by atoms with Crippen molar-refractivity contribution in [3.63, 3.8) is 0 Å². The molecular weight excluding hydrogens is 164 g/mol. The van der Waals surface area contributed by atoms with E-state index in [-0.39, 0.29) is 0 Å². The van der Waals surface area contributed by atoms with Crippen molar-refractivity contribution in [2.45, 2.75) is 26.9 Å². The molecule has 0 aliphatic rings. The molecule has 0 aromatic heterocycles. The highest BCUT2D eigenvalue weighted by atomic mass is 17.2. The fourth-order valence-corrected chi connectivity index (χ4v) is 0.538. The largest absolute Gasteiger partial charge is 0.339 e. The fraction of sp³-hybridized carbons (Fsp3) is 0.571. The predicted octanol–water partition coefficient (Wildman–Crippen LogP) is 0.0277. The van der Waals surface area contributed by atoms with Crippen LogP contribution in [-0.4, -0.2) is 23.6 Å². The third kappa shape index (κ3) is 3.82. The highest BCUT2D eigenvalue weighted by Gasteiger charge is 2.22. The molecule has 5 heteroatoms. The van der Waals surface area contributed by atoms with E-state index in [2.05, 4.69) is 9.78 Å². The van der Waals surface area contributed by atoms with Crippen LogP contribution in [0.2, 0.25) is 0 Å². The topological polar surface area (TPSA) is 69.7 Å². The van der Waals surface area contributed by atoms with Crippen LogP contribution in [0, 0.1) is 0 Å². The van der Waals surface area contributed by atoms with Gasteiger partial charge >= 0.3 is 5.97 Å².